The molecule has 0 aliphatic heterocycles. The van der Waals surface area contributed by atoms with Gasteiger partial charge in [-0.15, -0.1) is 0 Å². The summed E-state index contributed by atoms with van der Waals surface area (Å²) in [5.74, 6) is 5.93. The van der Waals surface area contributed by atoms with Crippen molar-refractivity contribution in [1.82, 2.24) is 9.55 Å². The third kappa shape index (κ3) is 2.20. The van der Waals surface area contributed by atoms with Gasteiger partial charge in [-0.05, 0) is 54.7 Å². The maximum absolute atomic E-state index is 5.93. The maximum Gasteiger partial charge on any atom is 0.185 e. The highest BCUT2D eigenvalue weighted by atomic mass is 32.1. The van der Waals surface area contributed by atoms with Crippen molar-refractivity contribution in [3.8, 4) is 5.69 Å². The molecule has 4 aromatic rings. The summed E-state index contributed by atoms with van der Waals surface area (Å²) in [6.07, 6.45) is 1.79. The van der Waals surface area contributed by atoms with Gasteiger partial charge < -0.3 is 10.3 Å². The maximum atomic E-state index is 5.93. The van der Waals surface area contributed by atoms with Crippen molar-refractivity contribution in [2.24, 2.45) is 11.6 Å². The van der Waals surface area contributed by atoms with Crippen LogP contribution in [-0.2, 0) is 0 Å². The predicted molar refractivity (Wildman–Crippen MR) is 102 cm³/mol. The van der Waals surface area contributed by atoms with Crippen molar-refractivity contribution >= 4 is 45.0 Å². The van der Waals surface area contributed by atoms with Crippen LogP contribution < -0.4 is 16.6 Å². The largest absolute Gasteiger partial charge is 0.375 e. The summed E-state index contributed by atoms with van der Waals surface area (Å²) in [6.45, 7) is 0. The van der Waals surface area contributed by atoms with Crippen LogP contribution in [0.25, 0.3) is 27.6 Å². The molecule has 4 N–H and O–H groups in total. The molecule has 0 saturated carbocycles. The molecule has 24 heavy (non-hydrogen) atoms. The molecule has 2 heterocycles. The SMILES string of the molecule is NC(=S)N(N)c1ccc2c(c1)c1ncccc1n2-c1ccccc1. The molecule has 0 atom stereocenters. The van der Waals surface area contributed by atoms with E-state index in [1.807, 2.05) is 42.5 Å². The highest BCUT2D eigenvalue weighted by Gasteiger charge is 2.14. The van der Waals surface area contributed by atoms with Crippen LogP contribution >= 0.6 is 12.2 Å². The molecule has 118 valence electrons. The minimum absolute atomic E-state index is 0.120. The first-order valence-corrected chi connectivity index (χ1v) is 7.86. The Labute approximate surface area is 144 Å². The van der Waals surface area contributed by atoms with Crippen molar-refractivity contribution in [2.45, 2.75) is 0 Å². The summed E-state index contributed by atoms with van der Waals surface area (Å²) >= 11 is 4.96. The molecule has 0 aliphatic carbocycles. The molecule has 4 rings (SSSR count). The average Bonchev–Trinajstić information content (AvgIpc) is 2.95. The van der Waals surface area contributed by atoms with Gasteiger partial charge in [-0.2, -0.15) is 0 Å². The van der Waals surface area contributed by atoms with E-state index in [-0.39, 0.29) is 5.11 Å². The molecule has 0 aliphatic rings. The summed E-state index contributed by atoms with van der Waals surface area (Å²) in [4.78, 5) is 4.56. The van der Waals surface area contributed by atoms with Crippen molar-refractivity contribution in [1.29, 1.82) is 0 Å². The van der Waals surface area contributed by atoms with E-state index in [1.165, 1.54) is 5.01 Å². The van der Waals surface area contributed by atoms with Crippen molar-refractivity contribution < 1.29 is 0 Å². The summed E-state index contributed by atoms with van der Waals surface area (Å²) in [5.41, 5.74) is 10.4. The first kappa shape index (κ1) is 14.6. The highest BCUT2D eigenvalue weighted by molar-refractivity contribution is 7.80. The minimum atomic E-state index is 0.120. The van der Waals surface area contributed by atoms with Crippen molar-refractivity contribution in [3.05, 3.63) is 66.9 Å². The lowest BCUT2D eigenvalue weighted by Gasteiger charge is -2.16. The Hall–Kier alpha value is -2.96. The quantitative estimate of drug-likeness (QED) is 0.335. The molecular formula is C18H15N5S. The van der Waals surface area contributed by atoms with E-state index in [0.717, 1.165) is 33.3 Å². The molecule has 2 aromatic heterocycles. The van der Waals surface area contributed by atoms with Crippen molar-refractivity contribution in [2.75, 3.05) is 5.01 Å². The van der Waals surface area contributed by atoms with E-state index in [2.05, 4.69) is 27.8 Å². The van der Waals surface area contributed by atoms with Gasteiger partial charge in [0.05, 0.1) is 22.2 Å². The Bertz CT molecular complexity index is 1060. The minimum Gasteiger partial charge on any atom is -0.375 e. The molecule has 0 amide bonds. The Kier molecular flexibility index (Phi) is 3.41. The van der Waals surface area contributed by atoms with Gasteiger partial charge in [0.1, 0.15) is 0 Å². The van der Waals surface area contributed by atoms with Crippen molar-refractivity contribution in [3.63, 3.8) is 0 Å². The summed E-state index contributed by atoms with van der Waals surface area (Å²) < 4.78 is 2.18. The number of rotatable bonds is 2. The molecule has 0 unspecified atom stereocenters. The van der Waals surface area contributed by atoms with Crippen LogP contribution in [0.2, 0.25) is 0 Å². The van der Waals surface area contributed by atoms with Gasteiger partial charge in [-0.3, -0.25) is 9.99 Å². The normalized spacial score (nSPS) is 11.0. The number of aromatic nitrogens is 2. The Balaban J connectivity index is 2.07. The Morgan fingerprint density at radius 1 is 1.00 bits per heavy atom. The van der Waals surface area contributed by atoms with Gasteiger partial charge in [-0.25, -0.2) is 5.84 Å². The van der Waals surface area contributed by atoms with Crippen LogP contribution in [0.4, 0.5) is 5.69 Å². The fourth-order valence-corrected chi connectivity index (χ4v) is 3.06. The van der Waals surface area contributed by atoms with E-state index in [1.54, 1.807) is 6.20 Å². The topological polar surface area (TPSA) is 73.1 Å². The number of pyridine rings is 1. The summed E-state index contributed by atoms with van der Waals surface area (Å²) in [5, 5.41) is 2.41. The fraction of sp³-hybridized carbons (Fsp3) is 0. The van der Waals surface area contributed by atoms with Crippen LogP contribution in [-0.4, -0.2) is 14.7 Å². The number of hydrazine groups is 1. The lowest BCUT2D eigenvalue weighted by atomic mass is 10.2. The van der Waals surface area contributed by atoms with E-state index in [9.17, 15) is 0 Å². The van der Waals surface area contributed by atoms with E-state index >= 15 is 0 Å². The van der Waals surface area contributed by atoms with Gasteiger partial charge in [0.2, 0.25) is 0 Å². The second-order valence-corrected chi connectivity index (χ2v) is 5.87. The molecule has 0 spiro atoms. The molecule has 6 heteroatoms. The van der Waals surface area contributed by atoms with E-state index in [0.29, 0.717) is 0 Å². The number of hydrogen-bond acceptors (Lipinski definition) is 3. The molecule has 2 aromatic carbocycles. The summed E-state index contributed by atoms with van der Waals surface area (Å²) in [7, 11) is 0. The molecule has 0 fully saturated rings. The van der Waals surface area contributed by atoms with E-state index in [4.69, 9.17) is 23.8 Å². The van der Waals surface area contributed by atoms with Crippen LogP contribution in [0.5, 0.6) is 0 Å². The standard InChI is InChI=1S/C18H15N5S/c19-18(24)23(20)13-8-9-15-14(11-13)17-16(7-4-10-21-17)22(15)12-5-2-1-3-6-12/h1-11H,20H2,(H2,19,24). The third-order valence-electron chi connectivity index (χ3n) is 4.03. The zero-order valence-corrected chi connectivity index (χ0v) is 13.6. The van der Waals surface area contributed by atoms with E-state index < -0.39 is 0 Å². The first-order valence-electron chi connectivity index (χ1n) is 7.45. The Morgan fingerprint density at radius 3 is 2.54 bits per heavy atom. The molecule has 0 saturated heterocycles. The number of nitrogens with two attached hydrogens (primary N) is 2. The van der Waals surface area contributed by atoms with Crippen LogP contribution in [0.15, 0.2) is 66.9 Å². The van der Waals surface area contributed by atoms with Crippen LogP contribution in [0, 0.1) is 0 Å². The van der Waals surface area contributed by atoms with Crippen LogP contribution in [0.1, 0.15) is 0 Å². The van der Waals surface area contributed by atoms with Crippen LogP contribution in [0.3, 0.4) is 0 Å². The number of anilines is 1. The van der Waals surface area contributed by atoms with Gasteiger partial charge in [0.15, 0.2) is 5.11 Å². The fourth-order valence-electron chi connectivity index (χ4n) is 2.96. The molecular weight excluding hydrogens is 318 g/mol. The summed E-state index contributed by atoms with van der Waals surface area (Å²) in [6, 6.07) is 20.1. The van der Waals surface area contributed by atoms with Gasteiger partial charge in [0, 0.05) is 17.3 Å². The average molecular weight is 333 g/mol. The molecule has 0 radical (unpaired) electrons. The van der Waals surface area contributed by atoms with Gasteiger partial charge in [0.25, 0.3) is 0 Å². The zero-order chi connectivity index (χ0) is 16.7. The third-order valence-corrected chi connectivity index (χ3v) is 4.23. The first-order chi connectivity index (χ1) is 11.7. The number of para-hydroxylation sites is 1. The number of fused-ring (bicyclic) bond motifs is 3. The Morgan fingerprint density at radius 2 is 1.79 bits per heavy atom. The molecule has 0 bridgehead atoms. The lowest BCUT2D eigenvalue weighted by Crippen LogP contribution is -2.41. The second-order valence-electron chi connectivity index (χ2n) is 5.45. The second kappa shape index (κ2) is 5.59. The smallest absolute Gasteiger partial charge is 0.185 e. The predicted octanol–water partition coefficient (Wildman–Crippen LogP) is 3.10. The number of thiocarbonyl (C=S) groups is 1. The molecule has 5 nitrogen and oxygen atoms in total. The van der Waals surface area contributed by atoms with Gasteiger partial charge >= 0.3 is 0 Å². The number of benzene rings is 2. The number of hydrogen-bond donors (Lipinski definition) is 2. The zero-order valence-electron chi connectivity index (χ0n) is 12.8. The monoisotopic (exact) mass is 333 g/mol. The number of nitrogens with zero attached hydrogens (tertiary/aromatic N) is 3. The lowest BCUT2D eigenvalue weighted by molar-refractivity contribution is 1.13. The highest BCUT2D eigenvalue weighted by Crippen LogP contribution is 2.32. The van der Waals surface area contributed by atoms with Gasteiger partial charge in [-0.1, -0.05) is 18.2 Å².